The summed E-state index contributed by atoms with van der Waals surface area (Å²) in [5.41, 5.74) is 3.22. The molecule has 2 aromatic rings. The van der Waals surface area contributed by atoms with Crippen molar-refractivity contribution in [3.05, 3.63) is 82.5 Å². The van der Waals surface area contributed by atoms with E-state index in [1.165, 1.54) is 11.6 Å². The molecule has 4 heteroatoms. The van der Waals surface area contributed by atoms with Gasteiger partial charge in [0.1, 0.15) is 22.8 Å². The zero-order chi connectivity index (χ0) is 21.4. The molecule has 29 heavy (non-hydrogen) atoms. The van der Waals surface area contributed by atoms with E-state index in [2.05, 4.69) is 19.9 Å². The number of rotatable bonds is 8. The van der Waals surface area contributed by atoms with Gasteiger partial charge in [0.05, 0.1) is 0 Å². The van der Waals surface area contributed by atoms with Crippen LogP contribution in [-0.4, -0.2) is 21.1 Å². The van der Waals surface area contributed by atoms with Crippen LogP contribution >= 0.6 is 0 Å². The van der Waals surface area contributed by atoms with E-state index in [9.17, 15) is 20.1 Å². The lowest BCUT2D eigenvalue weighted by Crippen LogP contribution is -1.99. The molecule has 0 fully saturated rings. The average molecular weight is 392 g/mol. The van der Waals surface area contributed by atoms with Crippen LogP contribution in [0.4, 0.5) is 0 Å². The van der Waals surface area contributed by atoms with Crippen molar-refractivity contribution in [2.45, 2.75) is 40.0 Å². The topological polar surface area (TPSA) is 77.8 Å². The van der Waals surface area contributed by atoms with Gasteiger partial charge in [0, 0.05) is 11.6 Å². The molecule has 0 radical (unpaired) electrons. The van der Waals surface area contributed by atoms with Crippen molar-refractivity contribution in [3.63, 3.8) is 0 Å². The molecule has 0 aliphatic rings. The predicted molar refractivity (Wildman–Crippen MR) is 117 cm³/mol. The Morgan fingerprint density at radius 3 is 2.31 bits per heavy atom. The molecule has 0 unspecified atom stereocenters. The number of allylic oxidation sites excluding steroid dienone is 5. The summed E-state index contributed by atoms with van der Waals surface area (Å²) in [7, 11) is 0. The van der Waals surface area contributed by atoms with E-state index in [4.69, 9.17) is 0 Å². The Bertz CT molecular complexity index is 947. The monoisotopic (exact) mass is 392 g/mol. The minimum absolute atomic E-state index is 0.208. The Morgan fingerprint density at radius 2 is 1.66 bits per heavy atom. The molecule has 0 saturated carbocycles. The highest BCUT2D eigenvalue weighted by Crippen LogP contribution is 2.38. The van der Waals surface area contributed by atoms with Crippen molar-refractivity contribution < 1.29 is 20.1 Å². The van der Waals surface area contributed by atoms with Gasteiger partial charge in [-0.25, -0.2) is 0 Å². The SMILES string of the molecule is CC(C)=CCC/C(C)=C\Cc1c(O)cc(O)c(C(=O)/C=C/c2ccccc2)c1O. The molecule has 2 aromatic carbocycles. The second-order valence-electron chi connectivity index (χ2n) is 7.30. The van der Waals surface area contributed by atoms with Crippen LogP contribution in [0.25, 0.3) is 6.08 Å². The Morgan fingerprint density at radius 1 is 0.966 bits per heavy atom. The third kappa shape index (κ3) is 6.39. The predicted octanol–water partition coefficient (Wildman–Crippen LogP) is 5.93. The third-order valence-electron chi connectivity index (χ3n) is 4.58. The smallest absolute Gasteiger partial charge is 0.193 e. The molecule has 0 saturated heterocycles. The highest BCUT2D eigenvalue weighted by Gasteiger charge is 2.20. The van der Waals surface area contributed by atoms with Crippen LogP contribution < -0.4 is 0 Å². The lowest BCUT2D eigenvalue weighted by molar-refractivity contribution is 0.104. The van der Waals surface area contributed by atoms with E-state index in [1.54, 1.807) is 6.08 Å². The zero-order valence-electron chi connectivity index (χ0n) is 17.1. The minimum Gasteiger partial charge on any atom is -0.507 e. The van der Waals surface area contributed by atoms with Gasteiger partial charge in [0.2, 0.25) is 0 Å². The van der Waals surface area contributed by atoms with Crippen molar-refractivity contribution >= 4 is 11.9 Å². The fourth-order valence-corrected chi connectivity index (χ4v) is 2.91. The average Bonchev–Trinajstić information content (AvgIpc) is 2.66. The molecule has 0 aromatic heterocycles. The van der Waals surface area contributed by atoms with Crippen molar-refractivity contribution in [1.82, 2.24) is 0 Å². The molecule has 4 nitrogen and oxygen atoms in total. The van der Waals surface area contributed by atoms with Gasteiger partial charge in [-0.3, -0.25) is 4.79 Å². The second kappa shape index (κ2) is 10.3. The fraction of sp³-hybridized carbons (Fsp3) is 0.240. The molecular weight excluding hydrogens is 364 g/mol. The van der Waals surface area contributed by atoms with Gasteiger partial charge < -0.3 is 15.3 Å². The summed E-state index contributed by atoms with van der Waals surface area (Å²) in [6.45, 7) is 6.09. The summed E-state index contributed by atoms with van der Waals surface area (Å²) in [5, 5.41) is 30.8. The maximum absolute atomic E-state index is 12.6. The number of ketones is 1. The van der Waals surface area contributed by atoms with Crippen molar-refractivity contribution in [3.8, 4) is 17.2 Å². The van der Waals surface area contributed by atoms with Crippen LogP contribution in [0, 0.1) is 0 Å². The van der Waals surface area contributed by atoms with Crippen LogP contribution in [0.5, 0.6) is 17.2 Å². The second-order valence-corrected chi connectivity index (χ2v) is 7.30. The van der Waals surface area contributed by atoms with E-state index >= 15 is 0 Å². The Labute approximate surface area is 172 Å². The van der Waals surface area contributed by atoms with Gasteiger partial charge in [0.25, 0.3) is 0 Å². The van der Waals surface area contributed by atoms with Crippen LogP contribution in [-0.2, 0) is 6.42 Å². The van der Waals surface area contributed by atoms with E-state index in [0.717, 1.165) is 30.0 Å². The molecule has 0 aliphatic heterocycles. The molecule has 0 amide bonds. The maximum Gasteiger partial charge on any atom is 0.193 e. The van der Waals surface area contributed by atoms with Gasteiger partial charge in [-0.1, -0.05) is 59.7 Å². The Hall–Kier alpha value is -3.27. The van der Waals surface area contributed by atoms with Crippen LogP contribution in [0.3, 0.4) is 0 Å². The molecule has 3 N–H and O–H groups in total. The lowest BCUT2D eigenvalue weighted by atomic mass is 9.98. The van der Waals surface area contributed by atoms with Gasteiger partial charge in [0.15, 0.2) is 5.78 Å². The number of carbonyl (C=O) groups excluding carboxylic acids is 1. The number of phenolic OH excluding ortho intramolecular Hbond substituents is 3. The van der Waals surface area contributed by atoms with Crippen LogP contribution in [0.2, 0.25) is 0 Å². The lowest BCUT2D eigenvalue weighted by Gasteiger charge is -2.11. The first kappa shape index (κ1) is 22.0. The quantitative estimate of drug-likeness (QED) is 0.295. The molecular formula is C25H28O4. The molecule has 0 aliphatic carbocycles. The minimum atomic E-state index is -0.533. The molecule has 0 heterocycles. The van der Waals surface area contributed by atoms with E-state index < -0.39 is 17.3 Å². The third-order valence-corrected chi connectivity index (χ3v) is 4.58. The number of carbonyl (C=O) groups is 1. The zero-order valence-corrected chi connectivity index (χ0v) is 17.1. The first-order valence-electron chi connectivity index (χ1n) is 9.62. The number of hydrogen-bond donors (Lipinski definition) is 3. The largest absolute Gasteiger partial charge is 0.507 e. The first-order valence-corrected chi connectivity index (χ1v) is 9.62. The molecule has 0 spiro atoms. The molecule has 0 atom stereocenters. The Balaban J connectivity index is 2.24. The summed E-state index contributed by atoms with van der Waals surface area (Å²) < 4.78 is 0. The van der Waals surface area contributed by atoms with E-state index in [1.807, 2.05) is 43.3 Å². The summed E-state index contributed by atoms with van der Waals surface area (Å²) in [4.78, 5) is 12.6. The van der Waals surface area contributed by atoms with Crippen molar-refractivity contribution in [2.24, 2.45) is 0 Å². The standard InChI is InChI=1S/C25H28O4/c1-17(2)8-7-9-18(3)12-14-20-22(27)16-23(28)24(25(20)29)21(26)15-13-19-10-5-4-6-11-19/h4-6,8,10-13,15-16,27-29H,7,9,14H2,1-3H3/b15-13+,18-12-. The van der Waals surface area contributed by atoms with Crippen LogP contribution in [0.15, 0.2) is 65.8 Å². The molecule has 0 bridgehead atoms. The normalized spacial score (nSPS) is 11.6. The summed E-state index contributed by atoms with van der Waals surface area (Å²) in [5.74, 6) is -1.61. The van der Waals surface area contributed by atoms with E-state index in [-0.39, 0.29) is 23.3 Å². The number of hydrogen-bond acceptors (Lipinski definition) is 4. The van der Waals surface area contributed by atoms with Gasteiger partial charge in [-0.2, -0.15) is 0 Å². The maximum atomic E-state index is 12.6. The van der Waals surface area contributed by atoms with E-state index in [0.29, 0.717) is 0 Å². The van der Waals surface area contributed by atoms with Crippen LogP contribution in [0.1, 0.15) is 55.1 Å². The summed E-state index contributed by atoms with van der Waals surface area (Å²) >= 11 is 0. The van der Waals surface area contributed by atoms with Gasteiger partial charge in [-0.15, -0.1) is 0 Å². The van der Waals surface area contributed by atoms with Crippen molar-refractivity contribution in [2.75, 3.05) is 0 Å². The number of phenols is 3. The number of benzene rings is 2. The highest BCUT2D eigenvalue weighted by atomic mass is 16.3. The first-order chi connectivity index (χ1) is 13.8. The summed E-state index contributed by atoms with van der Waals surface area (Å²) in [6, 6.07) is 10.4. The highest BCUT2D eigenvalue weighted by molar-refractivity contribution is 6.10. The van der Waals surface area contributed by atoms with Gasteiger partial charge >= 0.3 is 0 Å². The fourth-order valence-electron chi connectivity index (χ4n) is 2.91. The van der Waals surface area contributed by atoms with Gasteiger partial charge in [-0.05, 0) is 51.7 Å². The molecule has 2 rings (SSSR count). The Kier molecular flexibility index (Phi) is 7.84. The summed E-state index contributed by atoms with van der Waals surface area (Å²) in [6.07, 6.45) is 9.04. The number of aromatic hydroxyl groups is 3. The van der Waals surface area contributed by atoms with Crippen molar-refractivity contribution in [1.29, 1.82) is 0 Å². The molecule has 152 valence electrons.